The molecule has 31 heavy (non-hydrogen) atoms. The third-order valence-electron chi connectivity index (χ3n) is 5.47. The Bertz CT molecular complexity index is 934. The molecule has 2 amide bonds. The fourth-order valence-corrected chi connectivity index (χ4v) is 3.91. The number of amides is 2. The first-order valence-corrected chi connectivity index (χ1v) is 10.6. The van der Waals surface area contributed by atoms with Gasteiger partial charge >= 0.3 is 0 Å². The van der Waals surface area contributed by atoms with Crippen molar-refractivity contribution in [2.75, 3.05) is 6.54 Å². The second-order valence-electron chi connectivity index (χ2n) is 9.31. The Morgan fingerprint density at radius 1 is 1.16 bits per heavy atom. The highest BCUT2D eigenvalue weighted by molar-refractivity contribution is 5.88. The first-order valence-electron chi connectivity index (χ1n) is 10.6. The van der Waals surface area contributed by atoms with Crippen LogP contribution in [0.1, 0.15) is 58.6 Å². The van der Waals surface area contributed by atoms with Gasteiger partial charge in [0.1, 0.15) is 6.04 Å². The summed E-state index contributed by atoms with van der Waals surface area (Å²) in [6, 6.07) is 5.93. The van der Waals surface area contributed by atoms with Gasteiger partial charge in [-0.2, -0.15) is 0 Å². The van der Waals surface area contributed by atoms with E-state index in [-0.39, 0.29) is 28.8 Å². The molecule has 1 aromatic heterocycles. The monoisotopic (exact) mass is 429 g/mol. The van der Waals surface area contributed by atoms with Gasteiger partial charge in [0.2, 0.25) is 11.8 Å². The number of hydrogen-bond acceptors (Lipinski definition) is 3. The zero-order chi connectivity index (χ0) is 22.8. The molecule has 3 rings (SSSR count). The van der Waals surface area contributed by atoms with Crippen LogP contribution in [0.25, 0.3) is 11.1 Å². The molecule has 1 aromatic carbocycles. The summed E-state index contributed by atoms with van der Waals surface area (Å²) in [5.74, 6) is -1.63. The van der Waals surface area contributed by atoms with Gasteiger partial charge in [-0.3, -0.25) is 14.6 Å². The summed E-state index contributed by atoms with van der Waals surface area (Å²) in [6.45, 7) is 8.46. The van der Waals surface area contributed by atoms with Gasteiger partial charge < -0.3 is 10.2 Å². The van der Waals surface area contributed by atoms with Gasteiger partial charge in [-0.1, -0.05) is 45.0 Å². The number of aromatic nitrogens is 1. The van der Waals surface area contributed by atoms with Crippen LogP contribution in [-0.4, -0.2) is 34.3 Å². The molecule has 2 unspecified atom stereocenters. The fourth-order valence-electron chi connectivity index (χ4n) is 3.91. The van der Waals surface area contributed by atoms with E-state index in [1.807, 2.05) is 27.7 Å². The van der Waals surface area contributed by atoms with Crippen molar-refractivity contribution < 1.29 is 18.4 Å². The second-order valence-corrected chi connectivity index (χ2v) is 9.31. The minimum absolute atomic E-state index is 0.00330. The van der Waals surface area contributed by atoms with E-state index in [1.54, 1.807) is 29.2 Å². The Morgan fingerprint density at radius 3 is 2.35 bits per heavy atom. The van der Waals surface area contributed by atoms with Gasteiger partial charge in [0, 0.05) is 13.0 Å². The molecule has 0 spiro atoms. The molecule has 1 aliphatic rings. The lowest BCUT2D eigenvalue weighted by molar-refractivity contribution is -0.140. The summed E-state index contributed by atoms with van der Waals surface area (Å²) in [4.78, 5) is 30.7. The normalized spacial score (nSPS) is 17.5. The minimum atomic E-state index is -0.727. The predicted octanol–water partition coefficient (Wildman–Crippen LogP) is 4.63. The summed E-state index contributed by atoms with van der Waals surface area (Å²) in [6.07, 6.45) is 3.80. The van der Waals surface area contributed by atoms with Crippen molar-refractivity contribution in [2.24, 2.45) is 5.41 Å². The molecule has 1 fully saturated rings. The lowest BCUT2D eigenvalue weighted by Crippen LogP contribution is -2.47. The van der Waals surface area contributed by atoms with E-state index >= 15 is 0 Å². The van der Waals surface area contributed by atoms with Crippen LogP contribution in [0.5, 0.6) is 0 Å². The van der Waals surface area contributed by atoms with E-state index < -0.39 is 17.7 Å². The van der Waals surface area contributed by atoms with Crippen molar-refractivity contribution in [3.63, 3.8) is 0 Å². The summed E-state index contributed by atoms with van der Waals surface area (Å²) >= 11 is 0. The SMILES string of the molecule is CC(NC(=O)C1CCCN1C(=O)CC(C)(C)C)c1ccc(-c2c(F)cncc2F)cc1. The number of rotatable bonds is 5. The zero-order valence-corrected chi connectivity index (χ0v) is 18.4. The molecule has 0 aliphatic carbocycles. The lowest BCUT2D eigenvalue weighted by Gasteiger charge is -2.28. The number of nitrogens with zero attached hydrogens (tertiary/aromatic N) is 2. The Balaban J connectivity index is 1.67. The molecular weight excluding hydrogens is 400 g/mol. The number of benzene rings is 1. The average molecular weight is 430 g/mol. The van der Waals surface area contributed by atoms with Gasteiger partial charge in [-0.05, 0) is 36.3 Å². The van der Waals surface area contributed by atoms with E-state index in [2.05, 4.69) is 10.3 Å². The molecule has 5 nitrogen and oxygen atoms in total. The number of hydrogen-bond donors (Lipinski definition) is 1. The van der Waals surface area contributed by atoms with Gasteiger partial charge in [-0.25, -0.2) is 8.78 Å². The highest BCUT2D eigenvalue weighted by Gasteiger charge is 2.35. The molecule has 1 N–H and O–H groups in total. The maximum Gasteiger partial charge on any atom is 0.243 e. The number of pyridine rings is 1. The molecule has 2 heterocycles. The Morgan fingerprint density at radius 2 is 1.77 bits per heavy atom. The van der Waals surface area contributed by atoms with Crippen LogP contribution >= 0.6 is 0 Å². The molecular formula is C24H29F2N3O2. The third-order valence-corrected chi connectivity index (χ3v) is 5.47. The topological polar surface area (TPSA) is 62.3 Å². The minimum Gasteiger partial charge on any atom is -0.348 e. The quantitative estimate of drug-likeness (QED) is 0.754. The van der Waals surface area contributed by atoms with Crippen molar-refractivity contribution in [3.05, 3.63) is 53.9 Å². The Kier molecular flexibility index (Phi) is 6.72. The van der Waals surface area contributed by atoms with Crippen molar-refractivity contribution in [2.45, 2.75) is 59.0 Å². The number of nitrogens with one attached hydrogen (secondary N) is 1. The number of halogens is 2. The van der Waals surface area contributed by atoms with E-state index in [0.29, 0.717) is 24.9 Å². The van der Waals surface area contributed by atoms with Crippen LogP contribution in [-0.2, 0) is 9.59 Å². The second kappa shape index (κ2) is 9.12. The van der Waals surface area contributed by atoms with Crippen LogP contribution < -0.4 is 5.32 Å². The van der Waals surface area contributed by atoms with Gasteiger partial charge in [0.05, 0.1) is 24.0 Å². The molecule has 0 bridgehead atoms. The van der Waals surface area contributed by atoms with E-state index in [1.165, 1.54) is 0 Å². The molecule has 2 atom stereocenters. The molecule has 166 valence electrons. The van der Waals surface area contributed by atoms with Gasteiger partial charge in [0.25, 0.3) is 0 Å². The lowest BCUT2D eigenvalue weighted by atomic mass is 9.91. The summed E-state index contributed by atoms with van der Waals surface area (Å²) < 4.78 is 27.9. The maximum atomic E-state index is 14.0. The van der Waals surface area contributed by atoms with Crippen LogP contribution in [0.4, 0.5) is 8.78 Å². The highest BCUT2D eigenvalue weighted by atomic mass is 19.1. The first-order chi connectivity index (χ1) is 14.6. The van der Waals surface area contributed by atoms with Crippen LogP contribution in [0.15, 0.2) is 36.7 Å². The fraction of sp³-hybridized carbons (Fsp3) is 0.458. The van der Waals surface area contributed by atoms with E-state index in [9.17, 15) is 18.4 Å². The molecule has 0 saturated carbocycles. The van der Waals surface area contributed by atoms with Crippen LogP contribution in [0, 0.1) is 17.0 Å². The summed E-state index contributed by atoms with van der Waals surface area (Å²) in [5.41, 5.74) is 0.938. The van der Waals surface area contributed by atoms with E-state index in [0.717, 1.165) is 24.4 Å². The van der Waals surface area contributed by atoms with Gasteiger partial charge in [-0.15, -0.1) is 0 Å². The van der Waals surface area contributed by atoms with Gasteiger partial charge in [0.15, 0.2) is 11.6 Å². The Labute approximate surface area is 181 Å². The predicted molar refractivity (Wildman–Crippen MR) is 115 cm³/mol. The van der Waals surface area contributed by atoms with Crippen LogP contribution in [0.3, 0.4) is 0 Å². The molecule has 1 saturated heterocycles. The standard InChI is InChI=1S/C24H29F2N3O2/c1-15(16-7-9-17(10-8-16)22-18(25)13-27-14-19(22)26)28-23(31)20-6-5-11-29(20)21(30)12-24(2,3)4/h7-10,13-15,20H,5-6,11-12H2,1-4H3,(H,28,31). The summed E-state index contributed by atoms with van der Waals surface area (Å²) in [5, 5.41) is 2.98. The zero-order valence-electron chi connectivity index (χ0n) is 18.4. The van der Waals surface area contributed by atoms with Crippen molar-refractivity contribution >= 4 is 11.8 Å². The van der Waals surface area contributed by atoms with Crippen molar-refractivity contribution in [1.82, 2.24) is 15.2 Å². The Hall–Kier alpha value is -2.83. The highest BCUT2D eigenvalue weighted by Crippen LogP contribution is 2.28. The first kappa shape index (κ1) is 22.8. The number of carbonyl (C=O) groups is 2. The number of likely N-dealkylation sites (tertiary alicyclic amines) is 1. The van der Waals surface area contributed by atoms with Crippen LogP contribution in [0.2, 0.25) is 0 Å². The van der Waals surface area contributed by atoms with Crippen molar-refractivity contribution in [3.8, 4) is 11.1 Å². The molecule has 7 heteroatoms. The van der Waals surface area contributed by atoms with Crippen molar-refractivity contribution in [1.29, 1.82) is 0 Å². The average Bonchev–Trinajstić information content (AvgIpc) is 3.17. The third kappa shape index (κ3) is 5.46. The van der Waals surface area contributed by atoms with E-state index in [4.69, 9.17) is 0 Å². The number of carbonyl (C=O) groups excluding carboxylic acids is 2. The largest absolute Gasteiger partial charge is 0.348 e. The molecule has 0 radical (unpaired) electrons. The smallest absolute Gasteiger partial charge is 0.243 e. The molecule has 1 aliphatic heterocycles. The summed E-state index contributed by atoms with van der Waals surface area (Å²) in [7, 11) is 0. The molecule has 2 aromatic rings. The maximum absolute atomic E-state index is 14.0.